The second-order valence-corrected chi connectivity index (χ2v) is 5.66. The Labute approximate surface area is 110 Å². The maximum atomic E-state index is 13.4. The van der Waals surface area contributed by atoms with E-state index in [-0.39, 0.29) is 5.82 Å². The van der Waals surface area contributed by atoms with E-state index in [2.05, 4.69) is 27.9 Å². The summed E-state index contributed by atoms with van der Waals surface area (Å²) in [5.41, 5.74) is 6.79. The molecule has 0 bridgehead atoms. The maximum absolute atomic E-state index is 13.4. The number of nitrogens with zero attached hydrogens (tertiary/aromatic N) is 1. The van der Waals surface area contributed by atoms with E-state index in [1.165, 1.54) is 12.8 Å². The fraction of sp³-hybridized carbons (Fsp3) is 0.538. The molecular weight excluding hydrogens is 283 g/mol. The third kappa shape index (κ3) is 3.27. The SMILES string of the molecule is CN(Cc1ccc(Br)c(F)c1)C(CN)C1CC1. The second-order valence-electron chi connectivity index (χ2n) is 4.80. The number of rotatable bonds is 5. The van der Waals surface area contributed by atoms with Gasteiger partial charge in [-0.25, -0.2) is 4.39 Å². The van der Waals surface area contributed by atoms with Gasteiger partial charge in [0.2, 0.25) is 0 Å². The van der Waals surface area contributed by atoms with E-state index in [1.54, 1.807) is 12.1 Å². The molecule has 0 saturated heterocycles. The number of benzene rings is 1. The lowest BCUT2D eigenvalue weighted by Gasteiger charge is -2.27. The van der Waals surface area contributed by atoms with Crippen molar-refractivity contribution in [2.45, 2.75) is 25.4 Å². The zero-order valence-electron chi connectivity index (χ0n) is 10.00. The van der Waals surface area contributed by atoms with Gasteiger partial charge in [0.05, 0.1) is 4.47 Å². The molecule has 1 aliphatic rings. The molecule has 94 valence electrons. The number of hydrogen-bond acceptors (Lipinski definition) is 2. The van der Waals surface area contributed by atoms with Gasteiger partial charge >= 0.3 is 0 Å². The second kappa shape index (κ2) is 5.46. The maximum Gasteiger partial charge on any atom is 0.137 e. The molecular formula is C13H18BrFN2. The molecule has 0 spiro atoms. The van der Waals surface area contributed by atoms with Gasteiger partial charge in [0.25, 0.3) is 0 Å². The lowest BCUT2D eigenvalue weighted by molar-refractivity contribution is 0.215. The van der Waals surface area contributed by atoms with Gasteiger partial charge in [-0.1, -0.05) is 6.07 Å². The molecule has 0 heterocycles. The van der Waals surface area contributed by atoms with Crippen LogP contribution < -0.4 is 5.73 Å². The smallest absolute Gasteiger partial charge is 0.137 e. The highest BCUT2D eigenvalue weighted by Gasteiger charge is 2.32. The monoisotopic (exact) mass is 300 g/mol. The first kappa shape index (κ1) is 13.0. The summed E-state index contributed by atoms with van der Waals surface area (Å²) in [6.07, 6.45) is 2.56. The highest BCUT2D eigenvalue weighted by Crippen LogP contribution is 2.35. The van der Waals surface area contributed by atoms with Crippen molar-refractivity contribution in [3.05, 3.63) is 34.1 Å². The van der Waals surface area contributed by atoms with Gasteiger partial charge in [0.1, 0.15) is 5.82 Å². The zero-order chi connectivity index (χ0) is 12.4. The summed E-state index contributed by atoms with van der Waals surface area (Å²) in [7, 11) is 2.07. The third-order valence-electron chi connectivity index (χ3n) is 3.39. The minimum atomic E-state index is -0.202. The Kier molecular flexibility index (Phi) is 4.17. The Morgan fingerprint density at radius 2 is 2.24 bits per heavy atom. The van der Waals surface area contributed by atoms with E-state index in [9.17, 15) is 4.39 Å². The average Bonchev–Trinajstić information content (AvgIpc) is 3.09. The van der Waals surface area contributed by atoms with Gasteiger partial charge in [-0.15, -0.1) is 0 Å². The summed E-state index contributed by atoms with van der Waals surface area (Å²) in [5, 5.41) is 0. The number of nitrogens with two attached hydrogens (primary N) is 1. The van der Waals surface area contributed by atoms with Crippen LogP contribution in [-0.2, 0) is 6.54 Å². The normalized spacial score (nSPS) is 17.5. The van der Waals surface area contributed by atoms with Gasteiger partial charge in [-0.3, -0.25) is 4.90 Å². The molecule has 0 aromatic heterocycles. The molecule has 1 atom stereocenters. The largest absolute Gasteiger partial charge is 0.329 e. The van der Waals surface area contributed by atoms with Crippen LogP contribution in [0.2, 0.25) is 0 Å². The predicted molar refractivity (Wildman–Crippen MR) is 71.1 cm³/mol. The van der Waals surface area contributed by atoms with E-state index >= 15 is 0 Å². The Balaban J connectivity index is 2.01. The van der Waals surface area contributed by atoms with Crippen molar-refractivity contribution in [2.75, 3.05) is 13.6 Å². The first-order valence-electron chi connectivity index (χ1n) is 5.96. The van der Waals surface area contributed by atoms with Crippen molar-refractivity contribution in [3.8, 4) is 0 Å². The van der Waals surface area contributed by atoms with Crippen LogP contribution in [0, 0.1) is 11.7 Å². The fourth-order valence-corrected chi connectivity index (χ4v) is 2.50. The first-order chi connectivity index (χ1) is 8.11. The van der Waals surface area contributed by atoms with Gasteiger partial charge in [-0.2, -0.15) is 0 Å². The molecule has 1 unspecified atom stereocenters. The minimum absolute atomic E-state index is 0.202. The van der Waals surface area contributed by atoms with E-state index in [4.69, 9.17) is 5.73 Å². The van der Waals surface area contributed by atoms with Gasteiger partial charge in [0.15, 0.2) is 0 Å². The lowest BCUT2D eigenvalue weighted by Crippen LogP contribution is -2.39. The Hall–Kier alpha value is -0.450. The third-order valence-corrected chi connectivity index (χ3v) is 4.03. The van der Waals surface area contributed by atoms with Gasteiger partial charge in [-0.05, 0) is 59.4 Å². The molecule has 1 saturated carbocycles. The molecule has 2 nitrogen and oxygen atoms in total. The Morgan fingerprint density at radius 1 is 1.53 bits per heavy atom. The molecule has 4 heteroatoms. The summed E-state index contributed by atoms with van der Waals surface area (Å²) in [6, 6.07) is 5.72. The molecule has 0 aliphatic heterocycles. The van der Waals surface area contributed by atoms with Crippen LogP contribution in [0.4, 0.5) is 4.39 Å². The molecule has 1 aromatic rings. The summed E-state index contributed by atoms with van der Waals surface area (Å²) in [4.78, 5) is 2.24. The van der Waals surface area contributed by atoms with Crippen molar-refractivity contribution in [1.29, 1.82) is 0 Å². The predicted octanol–water partition coefficient (Wildman–Crippen LogP) is 2.76. The van der Waals surface area contributed by atoms with Crippen LogP contribution in [0.3, 0.4) is 0 Å². The zero-order valence-corrected chi connectivity index (χ0v) is 11.6. The average molecular weight is 301 g/mol. The molecule has 1 fully saturated rings. The summed E-state index contributed by atoms with van der Waals surface area (Å²) in [6.45, 7) is 1.43. The van der Waals surface area contributed by atoms with Crippen molar-refractivity contribution < 1.29 is 4.39 Å². The van der Waals surface area contributed by atoms with Crippen molar-refractivity contribution in [2.24, 2.45) is 11.7 Å². The highest BCUT2D eigenvalue weighted by atomic mass is 79.9. The van der Waals surface area contributed by atoms with Crippen LogP contribution in [0.25, 0.3) is 0 Å². The van der Waals surface area contributed by atoms with Crippen LogP contribution in [-0.4, -0.2) is 24.5 Å². The summed E-state index contributed by atoms with van der Waals surface area (Å²) >= 11 is 3.16. The topological polar surface area (TPSA) is 29.3 Å². The molecule has 0 radical (unpaired) electrons. The van der Waals surface area contributed by atoms with E-state index in [0.717, 1.165) is 18.0 Å². The van der Waals surface area contributed by atoms with Crippen molar-refractivity contribution in [1.82, 2.24) is 4.90 Å². The van der Waals surface area contributed by atoms with Crippen molar-refractivity contribution in [3.63, 3.8) is 0 Å². The van der Waals surface area contributed by atoms with Crippen molar-refractivity contribution >= 4 is 15.9 Å². The van der Waals surface area contributed by atoms with Crippen LogP contribution in [0.15, 0.2) is 22.7 Å². The minimum Gasteiger partial charge on any atom is -0.329 e. The molecule has 2 N–H and O–H groups in total. The Bertz CT molecular complexity index is 393. The molecule has 1 aliphatic carbocycles. The van der Waals surface area contributed by atoms with E-state index in [1.807, 2.05) is 6.07 Å². The highest BCUT2D eigenvalue weighted by molar-refractivity contribution is 9.10. The molecule has 17 heavy (non-hydrogen) atoms. The lowest BCUT2D eigenvalue weighted by atomic mass is 10.1. The first-order valence-corrected chi connectivity index (χ1v) is 6.75. The standard InChI is InChI=1S/C13H18BrFN2/c1-17(13(7-16)10-3-4-10)8-9-2-5-11(14)12(15)6-9/h2,5-6,10,13H,3-4,7-8,16H2,1H3. The molecule has 0 amide bonds. The summed E-state index contributed by atoms with van der Waals surface area (Å²) < 4.78 is 13.9. The fourth-order valence-electron chi connectivity index (χ4n) is 2.26. The van der Waals surface area contributed by atoms with Gasteiger partial charge < -0.3 is 5.73 Å². The van der Waals surface area contributed by atoms with E-state index in [0.29, 0.717) is 17.1 Å². The Morgan fingerprint density at radius 3 is 2.76 bits per heavy atom. The van der Waals surface area contributed by atoms with Gasteiger partial charge in [0, 0.05) is 19.1 Å². The molecule has 1 aromatic carbocycles. The van der Waals surface area contributed by atoms with Crippen LogP contribution in [0.1, 0.15) is 18.4 Å². The molecule has 2 rings (SSSR count). The number of halogens is 2. The summed E-state index contributed by atoms with van der Waals surface area (Å²) in [5.74, 6) is 0.539. The quantitative estimate of drug-likeness (QED) is 0.906. The van der Waals surface area contributed by atoms with E-state index < -0.39 is 0 Å². The number of hydrogen-bond donors (Lipinski definition) is 1. The van der Waals surface area contributed by atoms with Crippen LogP contribution in [0.5, 0.6) is 0 Å². The van der Waals surface area contributed by atoms with Crippen LogP contribution >= 0.6 is 15.9 Å². The number of likely N-dealkylation sites (N-methyl/N-ethyl adjacent to an activating group) is 1.